The summed E-state index contributed by atoms with van der Waals surface area (Å²) in [6, 6.07) is 0. The third-order valence-corrected chi connectivity index (χ3v) is 2.81. The Labute approximate surface area is 96.5 Å². The predicted octanol–water partition coefficient (Wildman–Crippen LogP) is 1.03. The van der Waals surface area contributed by atoms with E-state index >= 15 is 0 Å². The van der Waals surface area contributed by atoms with Crippen molar-refractivity contribution in [2.24, 2.45) is 11.7 Å². The lowest BCUT2D eigenvalue weighted by Gasteiger charge is -2.38. The molecule has 0 aromatic carbocycles. The molecule has 0 bridgehead atoms. The van der Waals surface area contributed by atoms with Crippen molar-refractivity contribution in [2.75, 3.05) is 6.61 Å². The standard InChI is InChI=1S/C9H12ClF3N2O/c1-2-3-16-8-5(9(11,12)13)4-6(10)7(14)15-8/h1,5-8,15H,3-4,14H2. The van der Waals surface area contributed by atoms with Crippen LogP contribution in [0, 0.1) is 18.3 Å². The first-order valence-corrected chi connectivity index (χ1v) is 5.07. The largest absolute Gasteiger partial charge is 0.395 e. The van der Waals surface area contributed by atoms with E-state index in [1.54, 1.807) is 0 Å². The summed E-state index contributed by atoms with van der Waals surface area (Å²) in [4.78, 5) is 0. The predicted molar refractivity (Wildman–Crippen MR) is 53.5 cm³/mol. The molecule has 0 radical (unpaired) electrons. The number of nitrogens with two attached hydrogens (primary N) is 1. The molecule has 0 aromatic rings. The van der Waals surface area contributed by atoms with Gasteiger partial charge in [0.2, 0.25) is 0 Å². The molecule has 4 atom stereocenters. The van der Waals surface area contributed by atoms with Crippen molar-refractivity contribution in [3.8, 4) is 12.3 Å². The minimum absolute atomic E-state index is 0.204. The summed E-state index contributed by atoms with van der Waals surface area (Å²) >= 11 is 5.68. The van der Waals surface area contributed by atoms with Gasteiger partial charge in [-0.15, -0.1) is 18.0 Å². The Kier molecular flexibility index (Phi) is 4.44. The highest BCUT2D eigenvalue weighted by molar-refractivity contribution is 6.21. The van der Waals surface area contributed by atoms with Crippen LogP contribution in [-0.4, -0.2) is 30.6 Å². The summed E-state index contributed by atoms with van der Waals surface area (Å²) in [5.74, 6) is 0.418. The summed E-state index contributed by atoms with van der Waals surface area (Å²) in [5, 5.41) is 1.69. The van der Waals surface area contributed by atoms with Crippen molar-refractivity contribution in [1.29, 1.82) is 0 Å². The molecule has 3 N–H and O–H groups in total. The van der Waals surface area contributed by atoms with Crippen LogP contribution in [0.4, 0.5) is 13.2 Å². The average Bonchev–Trinajstić information content (AvgIpc) is 2.17. The molecule has 1 aliphatic rings. The zero-order valence-electron chi connectivity index (χ0n) is 8.30. The van der Waals surface area contributed by atoms with E-state index in [1.807, 2.05) is 0 Å². The number of alkyl halides is 4. The minimum atomic E-state index is -4.39. The molecule has 1 heterocycles. The van der Waals surface area contributed by atoms with E-state index in [4.69, 9.17) is 28.5 Å². The first-order valence-electron chi connectivity index (χ1n) is 4.63. The smallest absolute Gasteiger partial charge is 0.350 e. The van der Waals surface area contributed by atoms with Gasteiger partial charge in [0.25, 0.3) is 0 Å². The second-order valence-electron chi connectivity index (χ2n) is 3.53. The quantitative estimate of drug-likeness (QED) is 0.573. The lowest BCUT2D eigenvalue weighted by Crippen LogP contribution is -2.61. The Morgan fingerprint density at radius 1 is 1.56 bits per heavy atom. The highest BCUT2D eigenvalue weighted by Crippen LogP contribution is 2.36. The van der Waals surface area contributed by atoms with E-state index in [9.17, 15) is 13.2 Å². The number of piperidine rings is 1. The van der Waals surface area contributed by atoms with Crippen LogP contribution in [0.1, 0.15) is 6.42 Å². The van der Waals surface area contributed by atoms with Gasteiger partial charge >= 0.3 is 6.18 Å². The van der Waals surface area contributed by atoms with Gasteiger partial charge in [-0.3, -0.25) is 5.32 Å². The topological polar surface area (TPSA) is 47.3 Å². The molecule has 1 saturated heterocycles. The fraction of sp³-hybridized carbons (Fsp3) is 0.778. The van der Waals surface area contributed by atoms with Gasteiger partial charge in [0, 0.05) is 0 Å². The molecular weight excluding hydrogens is 245 g/mol. The first-order chi connectivity index (χ1) is 7.36. The number of halogens is 4. The molecule has 1 fully saturated rings. The summed E-state index contributed by atoms with van der Waals surface area (Å²) in [6.07, 6.45) is -1.72. The van der Waals surface area contributed by atoms with Crippen LogP contribution in [0.5, 0.6) is 0 Å². The molecule has 0 amide bonds. The minimum Gasteiger partial charge on any atom is -0.350 e. The van der Waals surface area contributed by atoms with Crippen LogP contribution in [-0.2, 0) is 4.74 Å². The van der Waals surface area contributed by atoms with E-state index in [2.05, 4.69) is 11.2 Å². The van der Waals surface area contributed by atoms with Crippen LogP contribution < -0.4 is 11.1 Å². The SMILES string of the molecule is C#CCOC1NC(N)C(Cl)CC1C(F)(F)F. The van der Waals surface area contributed by atoms with Gasteiger partial charge < -0.3 is 10.5 Å². The second-order valence-corrected chi connectivity index (χ2v) is 4.09. The number of nitrogens with one attached hydrogen (secondary N) is 1. The van der Waals surface area contributed by atoms with Crippen molar-refractivity contribution in [2.45, 2.75) is 30.4 Å². The Bertz CT molecular complexity index is 279. The highest BCUT2D eigenvalue weighted by Gasteiger charge is 2.50. The molecule has 1 rings (SSSR count). The maximum Gasteiger partial charge on any atom is 0.395 e. The van der Waals surface area contributed by atoms with E-state index in [0.29, 0.717) is 0 Å². The van der Waals surface area contributed by atoms with E-state index < -0.39 is 29.9 Å². The summed E-state index contributed by atoms with van der Waals surface area (Å²) in [7, 11) is 0. The molecule has 0 aliphatic carbocycles. The summed E-state index contributed by atoms with van der Waals surface area (Å²) < 4.78 is 42.8. The van der Waals surface area contributed by atoms with Crippen molar-refractivity contribution >= 4 is 11.6 Å². The van der Waals surface area contributed by atoms with Crippen LogP contribution in [0.3, 0.4) is 0 Å². The van der Waals surface area contributed by atoms with Crippen molar-refractivity contribution < 1.29 is 17.9 Å². The Hall–Kier alpha value is -0.480. The van der Waals surface area contributed by atoms with Crippen molar-refractivity contribution in [1.82, 2.24) is 5.32 Å². The molecule has 3 nitrogen and oxygen atoms in total. The molecule has 1 aliphatic heterocycles. The summed E-state index contributed by atoms with van der Waals surface area (Å²) in [6.45, 7) is -0.204. The zero-order chi connectivity index (χ0) is 12.3. The average molecular weight is 257 g/mol. The van der Waals surface area contributed by atoms with Crippen molar-refractivity contribution in [3.05, 3.63) is 0 Å². The van der Waals surface area contributed by atoms with E-state index in [-0.39, 0.29) is 13.0 Å². The van der Waals surface area contributed by atoms with Gasteiger partial charge in [-0.2, -0.15) is 13.2 Å². The fourth-order valence-electron chi connectivity index (χ4n) is 1.53. The Morgan fingerprint density at radius 3 is 2.69 bits per heavy atom. The number of hydrogen-bond donors (Lipinski definition) is 2. The molecule has 0 spiro atoms. The van der Waals surface area contributed by atoms with Crippen LogP contribution in [0.25, 0.3) is 0 Å². The molecule has 16 heavy (non-hydrogen) atoms. The van der Waals surface area contributed by atoms with Crippen LogP contribution in [0.15, 0.2) is 0 Å². The number of hydrogen-bond acceptors (Lipinski definition) is 3. The number of rotatable bonds is 2. The highest BCUT2D eigenvalue weighted by atomic mass is 35.5. The lowest BCUT2D eigenvalue weighted by atomic mass is 9.95. The Morgan fingerprint density at radius 2 is 2.19 bits per heavy atom. The first kappa shape index (κ1) is 13.6. The normalized spacial score (nSPS) is 35.8. The zero-order valence-corrected chi connectivity index (χ0v) is 9.05. The summed E-state index contributed by atoms with van der Waals surface area (Å²) in [5.41, 5.74) is 5.50. The van der Waals surface area contributed by atoms with Gasteiger partial charge in [0.15, 0.2) is 0 Å². The molecule has 0 saturated carbocycles. The monoisotopic (exact) mass is 256 g/mol. The molecule has 4 unspecified atom stereocenters. The van der Waals surface area contributed by atoms with E-state index in [0.717, 1.165) is 0 Å². The molecule has 92 valence electrons. The van der Waals surface area contributed by atoms with Gasteiger partial charge in [-0.1, -0.05) is 5.92 Å². The number of ether oxygens (including phenoxy) is 1. The maximum absolute atomic E-state index is 12.6. The number of terminal acetylenes is 1. The third kappa shape index (κ3) is 3.25. The van der Waals surface area contributed by atoms with Crippen molar-refractivity contribution in [3.63, 3.8) is 0 Å². The second kappa shape index (κ2) is 5.23. The molecule has 7 heteroatoms. The molecular formula is C9H12ClF3N2O. The van der Waals surface area contributed by atoms with Gasteiger partial charge in [-0.05, 0) is 6.42 Å². The third-order valence-electron chi connectivity index (χ3n) is 2.36. The lowest BCUT2D eigenvalue weighted by molar-refractivity contribution is -0.220. The maximum atomic E-state index is 12.6. The van der Waals surface area contributed by atoms with Gasteiger partial charge in [0.05, 0.1) is 17.5 Å². The Balaban J connectivity index is 2.72. The van der Waals surface area contributed by atoms with Crippen LogP contribution >= 0.6 is 11.6 Å². The van der Waals surface area contributed by atoms with Gasteiger partial charge in [-0.25, -0.2) is 0 Å². The van der Waals surface area contributed by atoms with Gasteiger partial charge in [0.1, 0.15) is 12.8 Å². The van der Waals surface area contributed by atoms with Crippen LogP contribution in [0.2, 0.25) is 0 Å². The molecule has 0 aromatic heterocycles. The fourth-order valence-corrected chi connectivity index (χ4v) is 1.80. The van der Waals surface area contributed by atoms with E-state index in [1.165, 1.54) is 0 Å².